The molecule has 0 saturated heterocycles. The van der Waals surface area contributed by atoms with Crippen LogP contribution < -0.4 is 0 Å². The second-order valence-corrected chi connectivity index (χ2v) is 7.98. The zero-order valence-electron chi connectivity index (χ0n) is 11.8. The highest BCUT2D eigenvalue weighted by Crippen LogP contribution is 2.62. The van der Waals surface area contributed by atoms with Crippen LogP contribution in [0.1, 0.15) is 57.9 Å². The van der Waals surface area contributed by atoms with Gasteiger partial charge in [-0.2, -0.15) is 0 Å². The van der Waals surface area contributed by atoms with E-state index in [9.17, 15) is 4.39 Å². The van der Waals surface area contributed by atoms with E-state index in [1.165, 1.54) is 44.1 Å². The van der Waals surface area contributed by atoms with Crippen molar-refractivity contribution in [3.05, 3.63) is 35.6 Å². The predicted molar refractivity (Wildman–Crippen MR) is 78.1 cm³/mol. The minimum Gasteiger partial charge on any atom is -0.207 e. The van der Waals surface area contributed by atoms with E-state index in [0.717, 1.165) is 0 Å². The molecular weight excluding hydrogens is 259 g/mol. The van der Waals surface area contributed by atoms with Gasteiger partial charge in [-0.25, -0.2) is 4.39 Å². The molecule has 0 amide bonds. The van der Waals surface area contributed by atoms with Crippen molar-refractivity contribution >= 4 is 11.6 Å². The minimum absolute atomic E-state index is 0.109. The summed E-state index contributed by atoms with van der Waals surface area (Å²) in [6.45, 7) is 4.34. The van der Waals surface area contributed by atoms with Crippen molar-refractivity contribution in [1.82, 2.24) is 0 Å². The van der Waals surface area contributed by atoms with E-state index < -0.39 is 0 Å². The van der Waals surface area contributed by atoms with Crippen LogP contribution in [0.5, 0.6) is 0 Å². The summed E-state index contributed by atoms with van der Waals surface area (Å²) in [6, 6.07) is 7.18. The molecule has 2 bridgehead atoms. The van der Waals surface area contributed by atoms with E-state index in [1.54, 1.807) is 12.1 Å². The lowest BCUT2D eigenvalue weighted by Gasteiger charge is -2.58. The van der Waals surface area contributed by atoms with Crippen molar-refractivity contribution in [2.75, 3.05) is 0 Å². The fraction of sp³-hybridized carbons (Fsp3) is 0.647. The Morgan fingerprint density at radius 1 is 0.947 bits per heavy atom. The molecule has 0 atom stereocenters. The number of hydrogen-bond donors (Lipinski definition) is 0. The smallest absolute Gasteiger partial charge is 0.123 e. The Labute approximate surface area is 120 Å². The van der Waals surface area contributed by atoms with Gasteiger partial charge in [0.1, 0.15) is 5.82 Å². The molecule has 1 aromatic rings. The van der Waals surface area contributed by atoms with Crippen LogP contribution in [-0.2, 0) is 5.41 Å². The Hall–Kier alpha value is -0.560. The van der Waals surface area contributed by atoms with Gasteiger partial charge >= 0.3 is 0 Å². The number of halogens is 2. The Kier molecular flexibility index (Phi) is 2.98. The van der Waals surface area contributed by atoms with E-state index >= 15 is 0 Å². The molecule has 1 aromatic carbocycles. The maximum absolute atomic E-state index is 13.1. The number of alkyl halides is 1. The fourth-order valence-electron chi connectivity index (χ4n) is 4.31. The summed E-state index contributed by atoms with van der Waals surface area (Å²) < 4.78 is 13.1. The van der Waals surface area contributed by atoms with Crippen LogP contribution in [-0.4, -0.2) is 4.87 Å². The molecule has 3 fully saturated rings. The first-order chi connectivity index (χ1) is 8.87. The lowest BCUT2D eigenvalue weighted by molar-refractivity contribution is 0.0131. The van der Waals surface area contributed by atoms with E-state index in [2.05, 4.69) is 13.8 Å². The molecule has 0 unspecified atom stereocenters. The highest BCUT2D eigenvalue weighted by molar-refractivity contribution is 6.24. The van der Waals surface area contributed by atoms with E-state index in [-0.39, 0.29) is 16.1 Å². The third kappa shape index (κ3) is 2.01. The molecular formula is C17H22ClF. The summed E-state index contributed by atoms with van der Waals surface area (Å²) in [6.07, 6.45) is 7.24. The SMILES string of the molecule is CC(C)(Cl)C12CCC(c3ccc(F)cc3)(CC1)CC2. The van der Waals surface area contributed by atoms with Gasteiger partial charge in [0.25, 0.3) is 0 Å². The summed E-state index contributed by atoms with van der Waals surface area (Å²) in [5.41, 5.74) is 1.93. The summed E-state index contributed by atoms with van der Waals surface area (Å²) in [5.74, 6) is -0.136. The van der Waals surface area contributed by atoms with Crippen LogP contribution in [0.3, 0.4) is 0 Å². The van der Waals surface area contributed by atoms with Gasteiger partial charge in [-0.05, 0) is 80.9 Å². The van der Waals surface area contributed by atoms with Gasteiger partial charge in [-0.1, -0.05) is 12.1 Å². The lowest BCUT2D eigenvalue weighted by Crippen LogP contribution is -2.51. The van der Waals surface area contributed by atoms with Gasteiger partial charge in [0, 0.05) is 4.87 Å². The molecule has 0 nitrogen and oxygen atoms in total. The molecule has 0 N–H and O–H groups in total. The molecule has 0 spiro atoms. The van der Waals surface area contributed by atoms with Crippen molar-refractivity contribution in [1.29, 1.82) is 0 Å². The van der Waals surface area contributed by atoms with Crippen LogP contribution in [0.2, 0.25) is 0 Å². The Balaban J connectivity index is 1.87. The summed E-state index contributed by atoms with van der Waals surface area (Å²) in [5, 5.41) is 0. The number of benzene rings is 1. The topological polar surface area (TPSA) is 0 Å². The molecule has 3 saturated carbocycles. The van der Waals surface area contributed by atoms with Crippen molar-refractivity contribution in [2.45, 2.75) is 62.7 Å². The van der Waals surface area contributed by atoms with Gasteiger partial charge in [-0.3, -0.25) is 0 Å². The molecule has 0 aliphatic heterocycles. The zero-order chi connectivity index (χ0) is 13.7. The maximum atomic E-state index is 13.1. The van der Waals surface area contributed by atoms with Crippen LogP contribution >= 0.6 is 11.6 Å². The van der Waals surface area contributed by atoms with E-state index in [1.807, 2.05) is 12.1 Å². The molecule has 0 aromatic heterocycles. The summed E-state index contributed by atoms with van der Waals surface area (Å²) >= 11 is 6.66. The molecule has 4 rings (SSSR count). The molecule has 19 heavy (non-hydrogen) atoms. The number of fused-ring (bicyclic) bond motifs is 3. The second kappa shape index (κ2) is 4.22. The van der Waals surface area contributed by atoms with Crippen molar-refractivity contribution in [2.24, 2.45) is 5.41 Å². The van der Waals surface area contributed by atoms with E-state index in [4.69, 9.17) is 11.6 Å². The first kappa shape index (κ1) is 13.4. The van der Waals surface area contributed by atoms with Gasteiger partial charge < -0.3 is 0 Å². The molecule has 2 heteroatoms. The first-order valence-corrected chi connectivity index (χ1v) is 7.70. The van der Waals surface area contributed by atoms with Crippen LogP contribution in [0.25, 0.3) is 0 Å². The monoisotopic (exact) mass is 280 g/mol. The summed E-state index contributed by atoms with van der Waals surface area (Å²) in [4.78, 5) is -0.109. The number of rotatable bonds is 2. The zero-order valence-corrected chi connectivity index (χ0v) is 12.6. The quantitative estimate of drug-likeness (QED) is 0.633. The van der Waals surface area contributed by atoms with Crippen LogP contribution in [0.15, 0.2) is 24.3 Å². The Bertz CT molecular complexity index is 445. The largest absolute Gasteiger partial charge is 0.207 e. The standard InChI is InChI=1S/C17H22ClF/c1-15(2,18)17-10-7-16(8-11-17,9-12-17)13-3-5-14(19)6-4-13/h3-6H,7-12H2,1-2H3. The van der Waals surface area contributed by atoms with Crippen LogP contribution in [0.4, 0.5) is 4.39 Å². The summed E-state index contributed by atoms with van der Waals surface area (Å²) in [7, 11) is 0. The Morgan fingerprint density at radius 3 is 1.84 bits per heavy atom. The maximum Gasteiger partial charge on any atom is 0.123 e. The van der Waals surface area contributed by atoms with E-state index in [0.29, 0.717) is 5.41 Å². The highest BCUT2D eigenvalue weighted by Gasteiger charge is 2.54. The van der Waals surface area contributed by atoms with Crippen molar-refractivity contribution in [3.8, 4) is 0 Å². The Morgan fingerprint density at radius 2 is 1.42 bits per heavy atom. The molecule has 3 aliphatic carbocycles. The fourth-order valence-corrected chi connectivity index (χ4v) is 4.60. The van der Waals surface area contributed by atoms with Crippen molar-refractivity contribution in [3.63, 3.8) is 0 Å². The average Bonchev–Trinajstić information content (AvgIpc) is 2.40. The molecule has 104 valence electrons. The highest BCUT2D eigenvalue weighted by atomic mass is 35.5. The molecule has 3 aliphatic rings. The normalized spacial score (nSPS) is 34.5. The third-order valence-electron chi connectivity index (χ3n) is 5.96. The van der Waals surface area contributed by atoms with Gasteiger partial charge in [0.05, 0.1) is 0 Å². The van der Waals surface area contributed by atoms with Gasteiger partial charge in [-0.15, -0.1) is 11.6 Å². The van der Waals surface area contributed by atoms with Crippen molar-refractivity contribution < 1.29 is 4.39 Å². The van der Waals surface area contributed by atoms with Gasteiger partial charge in [0.15, 0.2) is 0 Å². The second-order valence-electron chi connectivity index (χ2n) is 7.04. The predicted octanol–water partition coefficient (Wildman–Crippen LogP) is 5.44. The first-order valence-electron chi connectivity index (χ1n) is 7.32. The average molecular weight is 281 g/mol. The van der Waals surface area contributed by atoms with Crippen LogP contribution in [0, 0.1) is 11.2 Å². The van der Waals surface area contributed by atoms with Gasteiger partial charge in [0.2, 0.25) is 0 Å². The molecule has 0 heterocycles. The minimum atomic E-state index is -0.136. The lowest BCUT2D eigenvalue weighted by atomic mass is 9.49. The molecule has 0 radical (unpaired) electrons. The third-order valence-corrected chi connectivity index (χ3v) is 6.36. The number of hydrogen-bond acceptors (Lipinski definition) is 0.